The smallest absolute Gasteiger partial charge is 0.424 e. The second kappa shape index (κ2) is 11.2. The van der Waals surface area contributed by atoms with Crippen molar-refractivity contribution in [1.29, 1.82) is 0 Å². The van der Waals surface area contributed by atoms with Gasteiger partial charge in [0.1, 0.15) is 40.5 Å². The van der Waals surface area contributed by atoms with Crippen LogP contribution in [-0.4, -0.2) is 53.3 Å². The molecule has 2 aromatic carbocycles. The molecule has 0 aliphatic carbocycles. The van der Waals surface area contributed by atoms with Crippen LogP contribution in [0.15, 0.2) is 54.7 Å². The Morgan fingerprint density at radius 2 is 1.84 bits per heavy atom. The molecule has 236 valence electrons. The van der Waals surface area contributed by atoms with Gasteiger partial charge in [-0.25, -0.2) is 18.2 Å². The molecule has 1 aliphatic rings. The van der Waals surface area contributed by atoms with Gasteiger partial charge >= 0.3 is 6.18 Å². The van der Waals surface area contributed by atoms with Gasteiger partial charge in [-0.2, -0.15) is 13.2 Å². The first-order chi connectivity index (χ1) is 21.1. The highest BCUT2D eigenvalue weighted by Gasteiger charge is 2.57. The quantitative estimate of drug-likeness (QED) is 0.239. The fraction of sp³-hybridized carbons (Fsp3) is 0.267. The predicted molar refractivity (Wildman–Crippen MR) is 147 cm³/mol. The van der Waals surface area contributed by atoms with E-state index in [0.717, 1.165) is 42.6 Å². The van der Waals surface area contributed by atoms with Gasteiger partial charge in [0, 0.05) is 33.8 Å². The molecular formula is C30H24F6N4O5. The number of nitrogens with two attached hydrogens (primary N) is 1. The molecule has 0 fully saturated rings. The third-order valence-electron chi connectivity index (χ3n) is 7.64. The number of benzene rings is 2. The summed E-state index contributed by atoms with van der Waals surface area (Å²) in [7, 11) is 1.23. The molecule has 15 heteroatoms. The third-order valence-corrected chi connectivity index (χ3v) is 7.64. The van der Waals surface area contributed by atoms with Crippen LogP contribution >= 0.6 is 0 Å². The first-order valence-electron chi connectivity index (χ1n) is 13.2. The molecule has 0 spiro atoms. The van der Waals surface area contributed by atoms with E-state index in [-0.39, 0.29) is 51.4 Å². The number of carbonyl (C=O) groups excluding carboxylic acids is 2. The lowest BCUT2D eigenvalue weighted by molar-refractivity contribution is -0.265. The molecular weight excluding hydrogens is 610 g/mol. The van der Waals surface area contributed by atoms with Crippen molar-refractivity contribution >= 4 is 22.7 Å². The summed E-state index contributed by atoms with van der Waals surface area (Å²) in [4.78, 5) is 33.5. The highest BCUT2D eigenvalue weighted by Crippen LogP contribution is 2.47. The van der Waals surface area contributed by atoms with Crippen molar-refractivity contribution in [2.24, 2.45) is 5.73 Å². The van der Waals surface area contributed by atoms with Gasteiger partial charge < -0.3 is 25.6 Å². The number of fused-ring (bicyclic) bond motifs is 2. The van der Waals surface area contributed by atoms with Crippen LogP contribution < -0.4 is 20.5 Å². The number of pyridine rings is 2. The number of nitrogens with one attached hydrogen (secondary N) is 1. The van der Waals surface area contributed by atoms with Crippen LogP contribution in [0.1, 0.15) is 40.5 Å². The van der Waals surface area contributed by atoms with Crippen LogP contribution in [-0.2, 0) is 15.8 Å². The number of carbonyl (C=O) groups is 2. The van der Waals surface area contributed by atoms with E-state index in [9.17, 15) is 41.0 Å². The Labute approximate surface area is 251 Å². The zero-order valence-electron chi connectivity index (χ0n) is 23.5. The van der Waals surface area contributed by atoms with Crippen molar-refractivity contribution in [3.05, 3.63) is 82.9 Å². The largest absolute Gasteiger partial charge is 0.494 e. The van der Waals surface area contributed by atoms with Gasteiger partial charge in [0.25, 0.3) is 12.3 Å². The summed E-state index contributed by atoms with van der Waals surface area (Å²) in [6.07, 6.45) is -7.40. The number of halogens is 6. The first kappa shape index (κ1) is 31.5. The maximum absolute atomic E-state index is 14.7. The van der Waals surface area contributed by atoms with Crippen molar-refractivity contribution in [2.45, 2.75) is 30.5 Å². The predicted octanol–water partition coefficient (Wildman–Crippen LogP) is 4.70. The molecule has 0 saturated heterocycles. The Hall–Kier alpha value is -4.92. The summed E-state index contributed by atoms with van der Waals surface area (Å²) in [5, 5.41) is 13.3. The second-order valence-corrected chi connectivity index (χ2v) is 10.6. The standard InChI is InChI=1S/C30H24F6N4O5/c1-28(27(37)42)13-45-24-19(28)10-21(40-23(24)14-3-5-18(31)6-4-14)29(43,30(34,35)36)12-39-26(41)16-7-15-8-17(25(32)33)11-38-22(15)20(9-16)44-2/h3-11,25,43H,12-13H2,1-2H3,(H2,37,42)(H,39,41). The van der Waals surface area contributed by atoms with E-state index in [1.165, 1.54) is 26.2 Å². The van der Waals surface area contributed by atoms with E-state index in [1.807, 2.05) is 5.32 Å². The summed E-state index contributed by atoms with van der Waals surface area (Å²) in [5.41, 5.74) is -1.73. The SMILES string of the molecule is COc1cc(C(=O)NCC(O)(c2cc3c(c(-c4ccc(F)cc4)n2)OCC3(C)C(N)=O)C(F)(F)F)cc2cc(C(F)F)cnc12. The van der Waals surface area contributed by atoms with E-state index >= 15 is 0 Å². The van der Waals surface area contributed by atoms with Crippen molar-refractivity contribution in [3.8, 4) is 22.8 Å². The molecule has 9 nitrogen and oxygen atoms in total. The topological polar surface area (TPSA) is 137 Å². The molecule has 1 aliphatic heterocycles. The van der Waals surface area contributed by atoms with Crippen LogP contribution in [0.2, 0.25) is 0 Å². The number of amides is 2. The van der Waals surface area contributed by atoms with Gasteiger partial charge in [-0.05, 0) is 55.5 Å². The van der Waals surface area contributed by atoms with Gasteiger partial charge in [-0.3, -0.25) is 14.6 Å². The molecule has 0 bridgehead atoms. The van der Waals surface area contributed by atoms with Crippen molar-refractivity contribution < 1.29 is 50.5 Å². The van der Waals surface area contributed by atoms with Gasteiger partial charge in [-0.15, -0.1) is 0 Å². The van der Waals surface area contributed by atoms with Gasteiger partial charge in [0.2, 0.25) is 11.5 Å². The molecule has 3 heterocycles. The summed E-state index contributed by atoms with van der Waals surface area (Å²) >= 11 is 0. The fourth-order valence-corrected chi connectivity index (χ4v) is 4.89. The average molecular weight is 635 g/mol. The van der Waals surface area contributed by atoms with Crippen molar-refractivity contribution in [3.63, 3.8) is 0 Å². The van der Waals surface area contributed by atoms with Crippen LogP contribution in [0.5, 0.6) is 11.5 Å². The van der Waals surface area contributed by atoms with Crippen molar-refractivity contribution in [2.75, 3.05) is 20.3 Å². The van der Waals surface area contributed by atoms with E-state index in [1.54, 1.807) is 0 Å². The lowest BCUT2D eigenvalue weighted by Crippen LogP contribution is -2.51. The normalized spacial score (nSPS) is 17.5. The summed E-state index contributed by atoms with van der Waals surface area (Å²) in [6, 6.07) is 8.68. The summed E-state index contributed by atoms with van der Waals surface area (Å²) in [6.45, 7) is -0.465. The molecule has 2 amide bonds. The minimum Gasteiger partial charge on any atom is -0.494 e. The molecule has 0 saturated carbocycles. The first-order valence-corrected chi connectivity index (χ1v) is 13.2. The van der Waals surface area contributed by atoms with Crippen molar-refractivity contribution in [1.82, 2.24) is 15.3 Å². The Balaban J connectivity index is 1.58. The number of rotatable bonds is 8. The molecule has 2 aromatic heterocycles. The molecule has 2 unspecified atom stereocenters. The molecule has 0 radical (unpaired) electrons. The number of hydrogen-bond acceptors (Lipinski definition) is 7. The number of aromatic nitrogens is 2. The average Bonchev–Trinajstić information content (AvgIpc) is 3.35. The zero-order valence-corrected chi connectivity index (χ0v) is 23.5. The maximum atomic E-state index is 14.7. The Bertz CT molecular complexity index is 1820. The monoisotopic (exact) mass is 634 g/mol. The number of hydrogen-bond donors (Lipinski definition) is 3. The van der Waals surface area contributed by atoms with E-state index < -0.39 is 59.1 Å². The van der Waals surface area contributed by atoms with E-state index in [4.69, 9.17) is 15.2 Å². The number of ether oxygens (including phenoxy) is 2. The molecule has 4 aromatic rings. The second-order valence-electron chi connectivity index (χ2n) is 10.6. The molecule has 45 heavy (non-hydrogen) atoms. The van der Waals surface area contributed by atoms with Crippen LogP contribution in [0.3, 0.4) is 0 Å². The Morgan fingerprint density at radius 3 is 2.44 bits per heavy atom. The zero-order chi connectivity index (χ0) is 32.9. The van der Waals surface area contributed by atoms with Gasteiger partial charge in [0.15, 0.2) is 0 Å². The number of primary amides is 1. The maximum Gasteiger partial charge on any atom is 0.424 e. The van der Waals surface area contributed by atoms with Crippen LogP contribution in [0.4, 0.5) is 26.3 Å². The van der Waals surface area contributed by atoms with Gasteiger partial charge in [-0.1, -0.05) is 0 Å². The highest BCUT2D eigenvalue weighted by atomic mass is 19.4. The summed E-state index contributed by atoms with van der Waals surface area (Å²) in [5.74, 6) is -2.79. The van der Waals surface area contributed by atoms with Crippen LogP contribution in [0.25, 0.3) is 22.2 Å². The summed E-state index contributed by atoms with van der Waals surface area (Å²) < 4.78 is 95.0. The third kappa shape index (κ3) is 5.47. The fourth-order valence-electron chi connectivity index (χ4n) is 4.89. The molecule has 5 rings (SSSR count). The minimum atomic E-state index is -5.44. The lowest BCUT2D eigenvalue weighted by Gasteiger charge is -2.31. The molecule has 2 atom stereocenters. The Kier molecular flexibility index (Phi) is 7.85. The van der Waals surface area contributed by atoms with E-state index in [2.05, 4.69) is 9.97 Å². The number of nitrogens with zero attached hydrogens (tertiary/aromatic N) is 2. The lowest BCUT2D eigenvalue weighted by atomic mass is 9.81. The van der Waals surface area contributed by atoms with E-state index in [0.29, 0.717) is 0 Å². The van der Waals surface area contributed by atoms with Crippen LogP contribution in [0, 0.1) is 5.82 Å². The minimum absolute atomic E-state index is 0.0143. The molecule has 4 N–H and O–H groups in total. The van der Waals surface area contributed by atoms with Gasteiger partial charge in [0.05, 0.1) is 19.3 Å². The number of aliphatic hydroxyl groups is 1. The number of alkyl halides is 5. The highest BCUT2D eigenvalue weighted by molar-refractivity contribution is 6.00. The Morgan fingerprint density at radius 1 is 1.16 bits per heavy atom. The number of methoxy groups -OCH3 is 1.